The number of halogens is 2. The van der Waals surface area contributed by atoms with Crippen molar-refractivity contribution in [2.24, 2.45) is 0 Å². The van der Waals surface area contributed by atoms with Gasteiger partial charge in [0.15, 0.2) is 0 Å². The van der Waals surface area contributed by atoms with E-state index in [-0.39, 0.29) is 0 Å². The molecule has 17 heavy (non-hydrogen) atoms. The van der Waals surface area contributed by atoms with E-state index >= 15 is 0 Å². The summed E-state index contributed by atoms with van der Waals surface area (Å²) in [6.07, 6.45) is 0. The van der Waals surface area contributed by atoms with Crippen LogP contribution in [0.25, 0.3) is 0 Å². The molecule has 2 aromatic rings. The van der Waals surface area contributed by atoms with Crippen LogP contribution in [0.1, 0.15) is 0 Å². The highest BCUT2D eigenvalue weighted by atomic mass is 35.5. The smallest absolute Gasteiger partial charge is 0.147 e. The lowest BCUT2D eigenvalue weighted by atomic mass is 10.2. The van der Waals surface area contributed by atoms with Crippen LogP contribution in [0, 0.1) is 0 Å². The lowest BCUT2D eigenvalue weighted by molar-refractivity contribution is 0.483. The molecule has 2 aromatic carbocycles. The molecule has 0 fully saturated rings. The normalized spacial score (nSPS) is 10.2. The molecule has 0 aliphatic rings. The monoisotopic (exact) mass is 268 g/mol. The fourth-order valence-electron chi connectivity index (χ4n) is 1.31. The Kier molecular flexibility index (Phi) is 3.31. The Bertz CT molecular complexity index is 558. The van der Waals surface area contributed by atoms with E-state index in [1.54, 1.807) is 36.4 Å². The molecule has 0 heterocycles. The van der Waals surface area contributed by atoms with Crippen LogP contribution < -0.4 is 16.2 Å². The highest BCUT2D eigenvalue weighted by molar-refractivity contribution is 6.42. The second-order valence-electron chi connectivity index (χ2n) is 3.44. The first-order valence-electron chi connectivity index (χ1n) is 4.85. The van der Waals surface area contributed by atoms with E-state index in [1.807, 2.05) is 0 Å². The van der Waals surface area contributed by atoms with Gasteiger partial charge < -0.3 is 16.2 Å². The van der Waals surface area contributed by atoms with Crippen molar-refractivity contribution in [3.05, 3.63) is 46.4 Å². The molecule has 0 aliphatic heterocycles. The summed E-state index contributed by atoms with van der Waals surface area (Å²) >= 11 is 11.9. The Balaban J connectivity index is 2.31. The summed E-state index contributed by atoms with van der Waals surface area (Å²) in [6, 6.07) is 10.2. The van der Waals surface area contributed by atoms with Gasteiger partial charge in [-0.1, -0.05) is 29.3 Å². The number of anilines is 2. The Morgan fingerprint density at radius 2 is 1.71 bits per heavy atom. The summed E-state index contributed by atoms with van der Waals surface area (Å²) in [6.45, 7) is 0. The first kappa shape index (κ1) is 11.9. The lowest BCUT2D eigenvalue weighted by Gasteiger charge is -2.09. The first-order chi connectivity index (χ1) is 8.08. The van der Waals surface area contributed by atoms with Crippen molar-refractivity contribution >= 4 is 34.6 Å². The van der Waals surface area contributed by atoms with Crippen molar-refractivity contribution < 1.29 is 4.74 Å². The third kappa shape index (κ3) is 2.57. The molecule has 0 unspecified atom stereocenters. The highest BCUT2D eigenvalue weighted by Crippen LogP contribution is 2.35. The standard InChI is InChI=1S/C12H10Cl2N2O/c13-8-2-1-3-11(12(8)14)17-7-4-5-9(15)10(16)6-7/h1-6H,15-16H2. The van der Waals surface area contributed by atoms with Gasteiger partial charge in [-0.25, -0.2) is 0 Å². The topological polar surface area (TPSA) is 61.3 Å². The van der Waals surface area contributed by atoms with Gasteiger partial charge in [-0.3, -0.25) is 0 Å². The predicted molar refractivity (Wildman–Crippen MR) is 71.8 cm³/mol. The van der Waals surface area contributed by atoms with E-state index in [0.29, 0.717) is 32.9 Å². The zero-order valence-corrected chi connectivity index (χ0v) is 10.3. The molecule has 0 atom stereocenters. The molecule has 3 nitrogen and oxygen atoms in total. The Morgan fingerprint density at radius 3 is 2.41 bits per heavy atom. The molecule has 5 heteroatoms. The second-order valence-corrected chi connectivity index (χ2v) is 4.23. The summed E-state index contributed by atoms with van der Waals surface area (Å²) in [5.74, 6) is 1.03. The van der Waals surface area contributed by atoms with Gasteiger partial charge in [-0.2, -0.15) is 0 Å². The Hall–Kier alpha value is -1.58. The average molecular weight is 269 g/mol. The molecule has 88 valence electrons. The molecule has 0 spiro atoms. The van der Waals surface area contributed by atoms with Crippen molar-refractivity contribution in [2.75, 3.05) is 11.5 Å². The number of benzene rings is 2. The maximum atomic E-state index is 6.00. The van der Waals surface area contributed by atoms with Crippen molar-refractivity contribution in [3.63, 3.8) is 0 Å². The molecule has 0 radical (unpaired) electrons. The van der Waals surface area contributed by atoms with Crippen LogP contribution >= 0.6 is 23.2 Å². The quantitative estimate of drug-likeness (QED) is 0.811. The number of ether oxygens (including phenoxy) is 1. The minimum atomic E-state index is 0.365. The summed E-state index contributed by atoms with van der Waals surface area (Å²) < 4.78 is 5.57. The van der Waals surface area contributed by atoms with Gasteiger partial charge in [0.25, 0.3) is 0 Å². The molecule has 0 aromatic heterocycles. The number of nitrogen functional groups attached to an aromatic ring is 2. The molecule has 4 N–H and O–H groups in total. The van der Waals surface area contributed by atoms with Gasteiger partial charge in [0.05, 0.1) is 16.4 Å². The zero-order valence-electron chi connectivity index (χ0n) is 8.78. The van der Waals surface area contributed by atoms with Gasteiger partial charge in [-0.05, 0) is 24.3 Å². The van der Waals surface area contributed by atoms with Crippen LogP contribution in [-0.2, 0) is 0 Å². The third-order valence-electron chi connectivity index (χ3n) is 2.20. The molecule has 0 amide bonds. The summed E-state index contributed by atoms with van der Waals surface area (Å²) in [5, 5.41) is 0.803. The second kappa shape index (κ2) is 4.73. The van der Waals surface area contributed by atoms with E-state index in [0.717, 1.165) is 0 Å². The molecular weight excluding hydrogens is 259 g/mol. The Labute approximate surface area is 109 Å². The summed E-state index contributed by atoms with van der Waals surface area (Å²) in [4.78, 5) is 0. The largest absolute Gasteiger partial charge is 0.456 e. The lowest BCUT2D eigenvalue weighted by Crippen LogP contribution is -1.95. The van der Waals surface area contributed by atoms with Crippen molar-refractivity contribution in [1.82, 2.24) is 0 Å². The van der Waals surface area contributed by atoms with E-state index < -0.39 is 0 Å². The minimum absolute atomic E-state index is 0.365. The maximum absolute atomic E-state index is 6.00. The van der Waals surface area contributed by atoms with Crippen LogP contribution in [-0.4, -0.2) is 0 Å². The fraction of sp³-hybridized carbons (Fsp3) is 0. The fourth-order valence-corrected chi connectivity index (χ4v) is 1.64. The van der Waals surface area contributed by atoms with Crippen LogP contribution in [0.2, 0.25) is 10.0 Å². The van der Waals surface area contributed by atoms with Crippen molar-refractivity contribution in [3.8, 4) is 11.5 Å². The third-order valence-corrected chi connectivity index (χ3v) is 3.00. The molecule has 0 bridgehead atoms. The van der Waals surface area contributed by atoms with Crippen LogP contribution in [0.3, 0.4) is 0 Å². The molecule has 0 aliphatic carbocycles. The van der Waals surface area contributed by atoms with Gasteiger partial charge in [-0.15, -0.1) is 0 Å². The van der Waals surface area contributed by atoms with Gasteiger partial charge in [0.2, 0.25) is 0 Å². The Morgan fingerprint density at radius 1 is 0.941 bits per heavy atom. The van der Waals surface area contributed by atoms with Crippen LogP contribution in [0.4, 0.5) is 11.4 Å². The van der Waals surface area contributed by atoms with Crippen LogP contribution in [0.5, 0.6) is 11.5 Å². The number of hydrogen-bond acceptors (Lipinski definition) is 3. The zero-order chi connectivity index (χ0) is 12.4. The number of hydrogen-bond donors (Lipinski definition) is 2. The summed E-state index contributed by atoms with van der Waals surface area (Å²) in [5.41, 5.74) is 12.3. The van der Waals surface area contributed by atoms with Crippen molar-refractivity contribution in [2.45, 2.75) is 0 Å². The highest BCUT2D eigenvalue weighted by Gasteiger charge is 2.07. The van der Waals surface area contributed by atoms with Gasteiger partial charge in [0, 0.05) is 6.07 Å². The molecule has 0 saturated carbocycles. The van der Waals surface area contributed by atoms with E-state index in [9.17, 15) is 0 Å². The maximum Gasteiger partial charge on any atom is 0.147 e. The predicted octanol–water partition coefficient (Wildman–Crippen LogP) is 3.95. The van der Waals surface area contributed by atoms with E-state index in [1.165, 1.54) is 0 Å². The van der Waals surface area contributed by atoms with Gasteiger partial charge >= 0.3 is 0 Å². The molecular formula is C12H10Cl2N2O. The van der Waals surface area contributed by atoms with Crippen LogP contribution in [0.15, 0.2) is 36.4 Å². The molecule has 2 rings (SSSR count). The molecule has 0 saturated heterocycles. The first-order valence-corrected chi connectivity index (χ1v) is 5.60. The van der Waals surface area contributed by atoms with E-state index in [2.05, 4.69) is 0 Å². The van der Waals surface area contributed by atoms with E-state index in [4.69, 9.17) is 39.4 Å². The number of nitrogens with two attached hydrogens (primary N) is 2. The number of rotatable bonds is 2. The van der Waals surface area contributed by atoms with Crippen molar-refractivity contribution in [1.29, 1.82) is 0 Å². The minimum Gasteiger partial charge on any atom is -0.456 e. The SMILES string of the molecule is Nc1ccc(Oc2cccc(Cl)c2Cl)cc1N. The average Bonchev–Trinajstić information content (AvgIpc) is 2.30. The summed E-state index contributed by atoms with van der Waals surface area (Å²) in [7, 11) is 0. The van der Waals surface area contributed by atoms with Gasteiger partial charge in [0.1, 0.15) is 16.5 Å².